The normalized spacial score (nSPS) is 10.4. The lowest BCUT2D eigenvalue weighted by atomic mass is 10.1. The number of aromatic nitrogens is 1. The van der Waals surface area contributed by atoms with Crippen molar-refractivity contribution in [2.24, 2.45) is 0 Å². The van der Waals surface area contributed by atoms with E-state index in [1.807, 2.05) is 48.8 Å². The molecule has 1 aromatic carbocycles. The standard InChI is InChI=1S/C15H18N2O/c16-15-6-2-1-5-14(15)12-18-11-3-4-13-7-9-17-10-8-13/h1-2,5-10H,3-4,11-12,16H2. The van der Waals surface area contributed by atoms with Crippen LogP contribution in [0.25, 0.3) is 0 Å². The van der Waals surface area contributed by atoms with Gasteiger partial charge in [0.2, 0.25) is 0 Å². The van der Waals surface area contributed by atoms with Crippen LogP contribution in [-0.2, 0) is 17.8 Å². The van der Waals surface area contributed by atoms with Gasteiger partial charge in [-0.15, -0.1) is 0 Å². The smallest absolute Gasteiger partial charge is 0.0736 e. The van der Waals surface area contributed by atoms with Gasteiger partial charge in [0.1, 0.15) is 0 Å². The Kier molecular flexibility index (Phi) is 4.73. The molecule has 0 spiro atoms. The SMILES string of the molecule is Nc1ccccc1COCCCc1ccncc1. The van der Waals surface area contributed by atoms with Gasteiger partial charge in [-0.3, -0.25) is 4.98 Å². The van der Waals surface area contributed by atoms with E-state index in [2.05, 4.69) is 4.98 Å². The van der Waals surface area contributed by atoms with Gasteiger partial charge in [-0.25, -0.2) is 0 Å². The van der Waals surface area contributed by atoms with Gasteiger partial charge in [0.05, 0.1) is 6.61 Å². The van der Waals surface area contributed by atoms with Crippen molar-refractivity contribution >= 4 is 5.69 Å². The number of hydrogen-bond acceptors (Lipinski definition) is 3. The van der Waals surface area contributed by atoms with Crippen molar-refractivity contribution in [3.8, 4) is 0 Å². The second kappa shape index (κ2) is 6.77. The third-order valence-electron chi connectivity index (χ3n) is 2.82. The highest BCUT2D eigenvalue weighted by atomic mass is 16.5. The van der Waals surface area contributed by atoms with Crippen LogP contribution in [0.3, 0.4) is 0 Å². The largest absolute Gasteiger partial charge is 0.398 e. The molecule has 2 N–H and O–H groups in total. The summed E-state index contributed by atoms with van der Waals surface area (Å²) in [7, 11) is 0. The number of hydrogen-bond donors (Lipinski definition) is 1. The maximum absolute atomic E-state index is 5.84. The van der Waals surface area contributed by atoms with Crippen molar-refractivity contribution in [3.05, 3.63) is 59.9 Å². The Morgan fingerprint density at radius 3 is 2.61 bits per heavy atom. The van der Waals surface area contributed by atoms with Crippen molar-refractivity contribution in [3.63, 3.8) is 0 Å². The lowest BCUT2D eigenvalue weighted by molar-refractivity contribution is 0.119. The van der Waals surface area contributed by atoms with Gasteiger partial charge in [-0.2, -0.15) is 0 Å². The molecule has 0 atom stereocenters. The zero-order valence-corrected chi connectivity index (χ0v) is 10.4. The molecule has 3 nitrogen and oxygen atoms in total. The lowest BCUT2D eigenvalue weighted by Crippen LogP contribution is -2.00. The van der Waals surface area contributed by atoms with Crippen LogP contribution in [0.4, 0.5) is 5.69 Å². The molecule has 94 valence electrons. The van der Waals surface area contributed by atoms with Gasteiger partial charge >= 0.3 is 0 Å². The number of nitrogen functional groups attached to an aromatic ring is 1. The second-order valence-electron chi connectivity index (χ2n) is 4.21. The summed E-state index contributed by atoms with van der Waals surface area (Å²) in [6.07, 6.45) is 5.67. The van der Waals surface area contributed by atoms with E-state index in [-0.39, 0.29) is 0 Å². The maximum atomic E-state index is 5.84. The summed E-state index contributed by atoms with van der Waals surface area (Å²) in [5, 5.41) is 0. The molecule has 0 bridgehead atoms. The number of para-hydroxylation sites is 1. The van der Waals surface area contributed by atoms with Gasteiger partial charge in [-0.05, 0) is 36.6 Å². The van der Waals surface area contributed by atoms with Crippen LogP contribution in [-0.4, -0.2) is 11.6 Å². The summed E-state index contributed by atoms with van der Waals surface area (Å²) >= 11 is 0. The fraction of sp³-hybridized carbons (Fsp3) is 0.267. The molecule has 2 rings (SSSR count). The third kappa shape index (κ3) is 3.86. The quantitative estimate of drug-likeness (QED) is 0.626. The number of nitrogens with zero attached hydrogens (tertiary/aromatic N) is 1. The highest BCUT2D eigenvalue weighted by Crippen LogP contribution is 2.11. The number of rotatable bonds is 6. The molecule has 18 heavy (non-hydrogen) atoms. The molecule has 0 unspecified atom stereocenters. The molecule has 0 radical (unpaired) electrons. The zero-order chi connectivity index (χ0) is 12.6. The summed E-state index contributed by atoms with van der Waals surface area (Å²) in [6.45, 7) is 1.33. The number of ether oxygens (including phenoxy) is 1. The van der Waals surface area contributed by atoms with Gasteiger partial charge in [0.15, 0.2) is 0 Å². The summed E-state index contributed by atoms with van der Waals surface area (Å²) < 4.78 is 5.63. The second-order valence-corrected chi connectivity index (χ2v) is 4.21. The molecule has 0 amide bonds. The molecule has 0 saturated heterocycles. The fourth-order valence-corrected chi connectivity index (χ4v) is 1.78. The molecular weight excluding hydrogens is 224 g/mol. The van der Waals surface area contributed by atoms with Gasteiger partial charge in [0.25, 0.3) is 0 Å². The predicted octanol–water partition coefficient (Wildman–Crippen LogP) is 2.81. The van der Waals surface area contributed by atoms with Crippen LogP contribution in [0.2, 0.25) is 0 Å². The summed E-state index contributed by atoms with van der Waals surface area (Å²) in [4.78, 5) is 3.99. The fourth-order valence-electron chi connectivity index (χ4n) is 1.78. The van der Waals surface area contributed by atoms with E-state index in [1.165, 1.54) is 5.56 Å². The maximum Gasteiger partial charge on any atom is 0.0736 e. The zero-order valence-electron chi connectivity index (χ0n) is 10.4. The summed E-state index contributed by atoms with van der Waals surface area (Å²) in [5.74, 6) is 0. The number of benzene rings is 1. The Morgan fingerprint density at radius 2 is 1.83 bits per heavy atom. The van der Waals surface area contributed by atoms with Crippen LogP contribution in [0.15, 0.2) is 48.8 Å². The minimum atomic E-state index is 0.586. The molecule has 0 aliphatic heterocycles. The van der Waals surface area contributed by atoms with E-state index >= 15 is 0 Å². The molecule has 1 aromatic heterocycles. The minimum absolute atomic E-state index is 0.586. The molecule has 0 saturated carbocycles. The van der Waals surface area contributed by atoms with E-state index in [9.17, 15) is 0 Å². The first-order valence-electron chi connectivity index (χ1n) is 6.16. The summed E-state index contributed by atoms with van der Waals surface area (Å²) in [5.41, 5.74) is 8.99. The van der Waals surface area contributed by atoms with Gasteiger partial charge < -0.3 is 10.5 Å². The predicted molar refractivity (Wildman–Crippen MR) is 73.1 cm³/mol. The molecule has 2 aromatic rings. The lowest BCUT2D eigenvalue weighted by Gasteiger charge is -2.06. The first kappa shape index (κ1) is 12.6. The van der Waals surface area contributed by atoms with Gasteiger partial charge in [0, 0.05) is 30.3 Å². The van der Waals surface area contributed by atoms with Crippen LogP contribution in [0.5, 0.6) is 0 Å². The third-order valence-corrected chi connectivity index (χ3v) is 2.82. The Morgan fingerprint density at radius 1 is 1.06 bits per heavy atom. The van der Waals surface area contributed by atoms with E-state index in [4.69, 9.17) is 10.5 Å². The first-order valence-corrected chi connectivity index (χ1v) is 6.16. The molecule has 0 aliphatic carbocycles. The van der Waals surface area contributed by atoms with E-state index in [1.54, 1.807) is 0 Å². The minimum Gasteiger partial charge on any atom is -0.398 e. The van der Waals surface area contributed by atoms with E-state index in [0.29, 0.717) is 6.61 Å². The Balaban J connectivity index is 1.66. The molecule has 0 fully saturated rings. The molecule has 1 heterocycles. The van der Waals surface area contributed by atoms with E-state index < -0.39 is 0 Å². The average molecular weight is 242 g/mol. The van der Waals surface area contributed by atoms with Crippen LogP contribution in [0, 0.1) is 0 Å². The van der Waals surface area contributed by atoms with Crippen LogP contribution in [0.1, 0.15) is 17.5 Å². The van der Waals surface area contributed by atoms with Crippen molar-refractivity contribution in [2.75, 3.05) is 12.3 Å². The Bertz CT molecular complexity index is 471. The molecular formula is C15H18N2O. The highest BCUT2D eigenvalue weighted by molar-refractivity contribution is 5.45. The monoisotopic (exact) mass is 242 g/mol. The number of aryl methyl sites for hydroxylation is 1. The Hall–Kier alpha value is -1.87. The first-order chi connectivity index (χ1) is 8.86. The van der Waals surface area contributed by atoms with Crippen molar-refractivity contribution in [2.45, 2.75) is 19.4 Å². The van der Waals surface area contributed by atoms with Crippen molar-refractivity contribution in [1.82, 2.24) is 4.98 Å². The highest BCUT2D eigenvalue weighted by Gasteiger charge is 1.98. The van der Waals surface area contributed by atoms with E-state index in [0.717, 1.165) is 30.7 Å². The summed E-state index contributed by atoms with van der Waals surface area (Å²) in [6, 6.07) is 11.9. The Labute approximate surface area is 108 Å². The number of pyridine rings is 1. The molecule has 3 heteroatoms. The van der Waals surface area contributed by atoms with Gasteiger partial charge in [-0.1, -0.05) is 18.2 Å². The number of anilines is 1. The van der Waals surface area contributed by atoms with Crippen LogP contribution < -0.4 is 5.73 Å². The average Bonchev–Trinajstić information content (AvgIpc) is 2.42. The molecule has 0 aliphatic rings. The van der Waals surface area contributed by atoms with Crippen LogP contribution >= 0.6 is 0 Å². The topological polar surface area (TPSA) is 48.1 Å². The van der Waals surface area contributed by atoms with Crippen molar-refractivity contribution in [1.29, 1.82) is 0 Å². The van der Waals surface area contributed by atoms with Crippen molar-refractivity contribution < 1.29 is 4.74 Å². The number of nitrogens with two attached hydrogens (primary N) is 1.